The van der Waals surface area contributed by atoms with E-state index in [-0.39, 0.29) is 17.4 Å². The standard InChI is InChI=1S/C25H30N2O8/c1-26-21(31)15-8-4-13(5-9-15)18-20(30)24(34)19(23(33,17(29)12-28)25(18,24)35)14-6-10-16(11-7-14)22(32)27(2)3/h4-11,17-20,28-30,33-35H,12H2,1-3H3,(H,26,31)/t17-,18?,19?,20?,23+,24+,25+/m1/s1. The van der Waals surface area contributed by atoms with Gasteiger partial charge in [0.2, 0.25) is 0 Å². The maximum Gasteiger partial charge on any atom is 0.253 e. The molecule has 10 heteroatoms. The molecular weight excluding hydrogens is 456 g/mol. The fourth-order valence-electron chi connectivity index (χ4n) is 5.88. The van der Waals surface area contributed by atoms with Gasteiger partial charge in [-0.3, -0.25) is 9.59 Å². The van der Waals surface area contributed by atoms with E-state index < -0.39 is 47.5 Å². The fraction of sp³-hybridized carbons (Fsp3) is 0.440. The number of hydrogen-bond acceptors (Lipinski definition) is 8. The van der Waals surface area contributed by atoms with Crippen molar-refractivity contribution in [1.29, 1.82) is 0 Å². The highest BCUT2D eigenvalue weighted by Gasteiger charge is 2.93. The first-order chi connectivity index (χ1) is 16.4. The van der Waals surface area contributed by atoms with Gasteiger partial charge < -0.3 is 40.9 Å². The van der Waals surface area contributed by atoms with E-state index in [1.54, 1.807) is 14.1 Å². The number of carbonyl (C=O) groups excluding carboxylic acids is 2. The van der Waals surface area contributed by atoms with Gasteiger partial charge >= 0.3 is 0 Å². The molecule has 0 heterocycles. The number of nitrogens with zero attached hydrogens (tertiary/aromatic N) is 1. The summed E-state index contributed by atoms with van der Waals surface area (Å²) in [7, 11) is 4.66. The molecule has 0 spiro atoms. The van der Waals surface area contributed by atoms with Gasteiger partial charge in [-0.15, -0.1) is 0 Å². The van der Waals surface area contributed by atoms with Crippen molar-refractivity contribution in [1.82, 2.24) is 10.2 Å². The Bertz CT molecular complexity index is 1140. The van der Waals surface area contributed by atoms with E-state index in [1.165, 1.54) is 60.5 Å². The minimum Gasteiger partial charge on any atom is -0.394 e. The van der Waals surface area contributed by atoms with Crippen LogP contribution >= 0.6 is 0 Å². The van der Waals surface area contributed by atoms with E-state index in [4.69, 9.17) is 0 Å². The van der Waals surface area contributed by atoms with Crippen molar-refractivity contribution < 1.29 is 40.2 Å². The largest absolute Gasteiger partial charge is 0.394 e. The van der Waals surface area contributed by atoms with Crippen LogP contribution in [0.2, 0.25) is 0 Å². The Morgan fingerprint density at radius 2 is 1.49 bits per heavy atom. The van der Waals surface area contributed by atoms with Crippen molar-refractivity contribution in [3.8, 4) is 0 Å². The summed E-state index contributed by atoms with van der Waals surface area (Å²) in [5.41, 5.74) is -5.85. The molecule has 2 aromatic rings. The Morgan fingerprint density at radius 3 is 1.97 bits per heavy atom. The van der Waals surface area contributed by atoms with E-state index in [0.29, 0.717) is 16.7 Å². The van der Waals surface area contributed by atoms with Gasteiger partial charge in [0.1, 0.15) is 22.9 Å². The Labute approximate surface area is 202 Å². The third kappa shape index (κ3) is 3.05. The lowest BCUT2D eigenvalue weighted by atomic mass is 9.30. The number of aliphatic hydroxyl groups is 6. The Hall–Kier alpha value is -2.86. The highest BCUT2D eigenvalue weighted by atomic mass is 16.5. The van der Waals surface area contributed by atoms with Gasteiger partial charge in [-0.25, -0.2) is 0 Å². The van der Waals surface area contributed by atoms with E-state index in [0.717, 1.165) is 0 Å². The molecule has 0 saturated heterocycles. The molecule has 0 aliphatic heterocycles. The molecule has 2 aromatic carbocycles. The van der Waals surface area contributed by atoms with Crippen molar-refractivity contribution in [3.05, 3.63) is 70.8 Å². The first-order valence-corrected chi connectivity index (χ1v) is 11.2. The molecule has 2 fully saturated rings. The number of rotatable bonds is 6. The molecule has 0 bridgehead atoms. The van der Waals surface area contributed by atoms with Crippen LogP contribution in [0.25, 0.3) is 0 Å². The quantitative estimate of drug-likeness (QED) is 0.260. The lowest BCUT2D eigenvalue weighted by molar-refractivity contribution is -0.459. The van der Waals surface area contributed by atoms with Crippen LogP contribution < -0.4 is 5.32 Å². The van der Waals surface area contributed by atoms with E-state index in [2.05, 4.69) is 5.32 Å². The van der Waals surface area contributed by atoms with Gasteiger partial charge in [-0.2, -0.15) is 0 Å². The van der Waals surface area contributed by atoms with Crippen LogP contribution in [0.1, 0.15) is 43.7 Å². The molecule has 10 nitrogen and oxygen atoms in total. The van der Waals surface area contributed by atoms with E-state index in [9.17, 15) is 40.2 Å². The number of fused-ring (bicyclic) bond motifs is 1. The molecule has 188 valence electrons. The zero-order valence-corrected chi connectivity index (χ0v) is 19.6. The van der Waals surface area contributed by atoms with Crippen LogP contribution in [0.5, 0.6) is 0 Å². The molecular formula is C25H30N2O8. The predicted molar refractivity (Wildman–Crippen MR) is 124 cm³/mol. The Kier molecular flexibility index (Phi) is 6.03. The predicted octanol–water partition coefficient (Wildman–Crippen LogP) is -1.45. The first kappa shape index (κ1) is 25.2. The molecule has 3 unspecified atom stereocenters. The fourth-order valence-corrected chi connectivity index (χ4v) is 5.88. The highest BCUT2D eigenvalue weighted by molar-refractivity contribution is 5.94. The molecule has 2 aliphatic carbocycles. The van der Waals surface area contributed by atoms with Crippen LogP contribution in [-0.2, 0) is 0 Å². The number of aliphatic hydroxyl groups excluding tert-OH is 3. The summed E-state index contributed by atoms with van der Waals surface area (Å²) < 4.78 is 0. The van der Waals surface area contributed by atoms with Gasteiger partial charge in [0.05, 0.1) is 18.6 Å². The average molecular weight is 487 g/mol. The van der Waals surface area contributed by atoms with Crippen molar-refractivity contribution in [3.63, 3.8) is 0 Å². The van der Waals surface area contributed by atoms with Gasteiger partial charge in [-0.05, 0) is 35.4 Å². The molecule has 2 aliphatic rings. The maximum absolute atomic E-state index is 12.2. The Balaban J connectivity index is 1.75. The van der Waals surface area contributed by atoms with Crippen LogP contribution in [0.3, 0.4) is 0 Å². The summed E-state index contributed by atoms with van der Waals surface area (Å²) in [5.74, 6) is -3.20. The zero-order chi connectivity index (χ0) is 25.9. The monoisotopic (exact) mass is 486 g/mol. The van der Waals surface area contributed by atoms with Crippen molar-refractivity contribution in [2.75, 3.05) is 27.7 Å². The minimum atomic E-state index is -2.44. The molecule has 7 N–H and O–H groups in total. The summed E-state index contributed by atoms with van der Waals surface area (Å²) >= 11 is 0. The molecule has 7 atom stereocenters. The van der Waals surface area contributed by atoms with E-state index >= 15 is 0 Å². The molecule has 2 saturated carbocycles. The minimum absolute atomic E-state index is 0.259. The van der Waals surface area contributed by atoms with Crippen molar-refractivity contribution in [2.45, 2.75) is 40.8 Å². The van der Waals surface area contributed by atoms with Crippen LogP contribution in [0.4, 0.5) is 0 Å². The number of benzene rings is 2. The molecule has 4 rings (SSSR count). The smallest absolute Gasteiger partial charge is 0.253 e. The van der Waals surface area contributed by atoms with Crippen molar-refractivity contribution in [2.24, 2.45) is 0 Å². The normalized spacial score (nSPS) is 34.1. The molecule has 2 amide bonds. The molecule has 0 radical (unpaired) electrons. The molecule has 35 heavy (non-hydrogen) atoms. The first-order valence-electron chi connectivity index (χ1n) is 11.2. The molecule has 0 aromatic heterocycles. The summed E-state index contributed by atoms with van der Waals surface area (Å²) in [5, 5.41) is 68.6. The van der Waals surface area contributed by atoms with Crippen molar-refractivity contribution >= 4 is 11.8 Å². The second-order valence-corrected chi connectivity index (χ2v) is 9.49. The van der Waals surface area contributed by atoms with Gasteiger partial charge in [0, 0.05) is 38.2 Å². The summed E-state index contributed by atoms with van der Waals surface area (Å²) in [4.78, 5) is 25.4. The third-order valence-electron chi connectivity index (χ3n) is 7.66. The number of carbonyl (C=O) groups is 2. The SMILES string of the molecule is CNC(=O)c1ccc(C2C(O)[C@@]3(O)C(c4ccc(C(=O)N(C)C)cc4)[C@@](O)([C@H](O)CO)[C@@]23O)cc1. The van der Waals surface area contributed by atoms with Crippen LogP contribution in [0.15, 0.2) is 48.5 Å². The van der Waals surface area contributed by atoms with Gasteiger partial charge in [0.25, 0.3) is 11.8 Å². The number of hydrogen-bond donors (Lipinski definition) is 7. The summed E-state index contributed by atoms with van der Waals surface area (Å²) in [6.45, 7) is -0.916. The van der Waals surface area contributed by atoms with Crippen LogP contribution in [-0.4, -0.2) is 104 Å². The van der Waals surface area contributed by atoms with Crippen LogP contribution in [0, 0.1) is 0 Å². The second kappa shape index (κ2) is 8.37. The second-order valence-electron chi connectivity index (χ2n) is 9.49. The number of amides is 2. The van der Waals surface area contributed by atoms with Gasteiger partial charge in [-0.1, -0.05) is 24.3 Å². The van der Waals surface area contributed by atoms with Gasteiger partial charge in [0.15, 0.2) is 0 Å². The third-order valence-corrected chi connectivity index (χ3v) is 7.66. The Morgan fingerprint density at radius 1 is 0.971 bits per heavy atom. The highest BCUT2D eigenvalue weighted by Crippen LogP contribution is 2.75. The van der Waals surface area contributed by atoms with E-state index in [1.807, 2.05) is 0 Å². The topological polar surface area (TPSA) is 171 Å². The number of nitrogens with one attached hydrogen (secondary N) is 1. The lowest BCUT2D eigenvalue weighted by Gasteiger charge is -2.80. The average Bonchev–Trinajstić information content (AvgIpc) is 2.87. The summed E-state index contributed by atoms with van der Waals surface area (Å²) in [6.07, 6.45) is -3.40. The summed E-state index contributed by atoms with van der Waals surface area (Å²) in [6, 6.07) is 11.8. The zero-order valence-electron chi connectivity index (χ0n) is 19.6. The lowest BCUT2D eigenvalue weighted by Crippen LogP contribution is -2.99. The maximum atomic E-state index is 12.2.